The van der Waals surface area contributed by atoms with Gasteiger partial charge in [-0.25, -0.2) is 4.39 Å². The fraction of sp³-hybridized carbons (Fsp3) is 0.500. The molecule has 0 bridgehead atoms. The summed E-state index contributed by atoms with van der Waals surface area (Å²) in [6.45, 7) is 5.15. The Bertz CT molecular complexity index is 476. The van der Waals surface area contributed by atoms with Gasteiger partial charge < -0.3 is 15.3 Å². The first-order chi connectivity index (χ1) is 8.90. The third kappa shape index (κ3) is 3.04. The molecular weight excluding hydrogens is 247 g/mol. The number of halogens is 1. The monoisotopic (exact) mass is 266 g/mol. The van der Waals surface area contributed by atoms with E-state index >= 15 is 0 Å². The van der Waals surface area contributed by atoms with Crippen LogP contribution in [0.3, 0.4) is 0 Å². The van der Waals surface area contributed by atoms with Gasteiger partial charge in [-0.05, 0) is 26.0 Å². The zero-order chi connectivity index (χ0) is 14.0. The highest BCUT2D eigenvalue weighted by Gasteiger charge is 2.35. The Morgan fingerprint density at radius 2 is 2.21 bits per heavy atom. The number of hydrogen-bond donors (Lipinski definition) is 2. The third-order valence-corrected chi connectivity index (χ3v) is 3.52. The maximum Gasteiger partial charge on any atom is 0.304 e. The molecule has 0 aromatic heterocycles. The lowest BCUT2D eigenvalue weighted by atomic mass is 9.95. The molecular formula is C14H19FN2O2. The molecule has 1 atom stereocenters. The van der Waals surface area contributed by atoms with E-state index in [-0.39, 0.29) is 23.8 Å². The second kappa shape index (κ2) is 5.17. The summed E-state index contributed by atoms with van der Waals surface area (Å²) >= 11 is 0. The van der Waals surface area contributed by atoms with Crippen LogP contribution in [0.5, 0.6) is 0 Å². The predicted octanol–water partition coefficient (Wildman–Crippen LogP) is 1.86. The number of piperazine rings is 1. The van der Waals surface area contributed by atoms with Crippen molar-refractivity contribution in [2.75, 3.05) is 18.0 Å². The van der Waals surface area contributed by atoms with Gasteiger partial charge >= 0.3 is 5.97 Å². The minimum Gasteiger partial charge on any atom is -0.481 e. The van der Waals surface area contributed by atoms with Crippen LogP contribution in [-0.2, 0) is 4.79 Å². The summed E-state index contributed by atoms with van der Waals surface area (Å²) in [7, 11) is 0. The average molecular weight is 266 g/mol. The molecule has 2 rings (SSSR count). The fourth-order valence-corrected chi connectivity index (χ4v) is 2.46. The number of benzene rings is 1. The van der Waals surface area contributed by atoms with Crippen LogP contribution in [0.15, 0.2) is 24.3 Å². The van der Waals surface area contributed by atoms with Crippen LogP contribution in [0, 0.1) is 5.82 Å². The van der Waals surface area contributed by atoms with Crippen molar-refractivity contribution in [2.24, 2.45) is 0 Å². The van der Waals surface area contributed by atoms with Gasteiger partial charge in [0.25, 0.3) is 0 Å². The Balaban J connectivity index is 2.24. The summed E-state index contributed by atoms with van der Waals surface area (Å²) in [6, 6.07) is 6.45. The van der Waals surface area contributed by atoms with Crippen LogP contribution < -0.4 is 10.2 Å². The lowest BCUT2D eigenvalue weighted by Gasteiger charge is -2.47. The molecule has 0 saturated carbocycles. The standard InChI is InChI=1S/C14H19FN2O2/c1-14(2)9-16-10(7-13(18)19)8-17(14)12-6-4-3-5-11(12)15/h3-6,10,16H,7-9H2,1-2H3,(H,18,19). The van der Waals surface area contributed by atoms with Crippen molar-refractivity contribution in [1.82, 2.24) is 5.32 Å². The largest absolute Gasteiger partial charge is 0.481 e. The van der Waals surface area contributed by atoms with Crippen LogP contribution in [0.2, 0.25) is 0 Å². The van der Waals surface area contributed by atoms with Crippen LogP contribution in [0.4, 0.5) is 10.1 Å². The lowest BCUT2D eigenvalue weighted by Crippen LogP contribution is -2.62. The zero-order valence-corrected chi connectivity index (χ0v) is 11.2. The molecule has 1 saturated heterocycles. The molecule has 0 amide bonds. The quantitative estimate of drug-likeness (QED) is 0.876. The molecule has 1 aliphatic heterocycles. The molecule has 0 radical (unpaired) electrons. The van der Waals surface area contributed by atoms with E-state index < -0.39 is 5.97 Å². The van der Waals surface area contributed by atoms with Crippen LogP contribution >= 0.6 is 0 Å². The molecule has 0 spiro atoms. The highest BCUT2D eigenvalue weighted by atomic mass is 19.1. The van der Waals surface area contributed by atoms with E-state index in [1.165, 1.54) is 6.07 Å². The van der Waals surface area contributed by atoms with Crippen LogP contribution in [0.1, 0.15) is 20.3 Å². The number of nitrogens with zero attached hydrogens (tertiary/aromatic N) is 1. The summed E-state index contributed by atoms with van der Waals surface area (Å²) in [5, 5.41) is 12.1. The van der Waals surface area contributed by atoms with Gasteiger partial charge in [0.2, 0.25) is 0 Å². The van der Waals surface area contributed by atoms with Crippen molar-refractivity contribution in [3.63, 3.8) is 0 Å². The van der Waals surface area contributed by atoms with Crippen molar-refractivity contribution >= 4 is 11.7 Å². The van der Waals surface area contributed by atoms with Gasteiger partial charge in [-0.3, -0.25) is 4.79 Å². The minimum absolute atomic E-state index is 0.0427. The van der Waals surface area contributed by atoms with Gasteiger partial charge in [0.15, 0.2) is 0 Å². The number of hydrogen-bond acceptors (Lipinski definition) is 3. The van der Waals surface area contributed by atoms with E-state index in [0.29, 0.717) is 18.8 Å². The summed E-state index contributed by atoms with van der Waals surface area (Å²) in [6.07, 6.45) is 0.0427. The minimum atomic E-state index is -0.842. The van der Waals surface area contributed by atoms with Gasteiger partial charge in [0.1, 0.15) is 5.82 Å². The second-order valence-electron chi connectivity index (χ2n) is 5.55. The number of nitrogens with one attached hydrogen (secondary N) is 1. The first-order valence-corrected chi connectivity index (χ1v) is 6.37. The summed E-state index contributed by atoms with van der Waals surface area (Å²) in [5.41, 5.74) is 0.279. The third-order valence-electron chi connectivity index (χ3n) is 3.52. The number of carboxylic acid groups (broad SMARTS) is 1. The van der Waals surface area contributed by atoms with E-state index in [1.54, 1.807) is 18.2 Å². The highest BCUT2D eigenvalue weighted by molar-refractivity contribution is 5.68. The van der Waals surface area contributed by atoms with Gasteiger partial charge in [-0.2, -0.15) is 0 Å². The van der Waals surface area contributed by atoms with Gasteiger partial charge in [-0.1, -0.05) is 12.1 Å². The van der Waals surface area contributed by atoms with Gasteiger partial charge in [-0.15, -0.1) is 0 Å². The number of aliphatic carboxylic acids is 1. The van der Waals surface area contributed by atoms with Crippen molar-refractivity contribution in [3.8, 4) is 0 Å². The predicted molar refractivity (Wildman–Crippen MR) is 71.9 cm³/mol. The van der Waals surface area contributed by atoms with Crippen molar-refractivity contribution in [1.29, 1.82) is 0 Å². The van der Waals surface area contributed by atoms with E-state index in [2.05, 4.69) is 5.32 Å². The number of carboxylic acids is 1. The molecule has 1 unspecified atom stereocenters. The molecule has 5 heteroatoms. The molecule has 1 heterocycles. The van der Waals surface area contributed by atoms with Crippen molar-refractivity contribution in [3.05, 3.63) is 30.1 Å². The van der Waals surface area contributed by atoms with Gasteiger partial charge in [0, 0.05) is 24.7 Å². The molecule has 1 fully saturated rings. The maximum atomic E-state index is 13.9. The first-order valence-electron chi connectivity index (χ1n) is 6.37. The molecule has 4 nitrogen and oxygen atoms in total. The summed E-state index contributed by atoms with van der Waals surface area (Å²) in [5.74, 6) is -1.11. The number of para-hydroxylation sites is 1. The fourth-order valence-electron chi connectivity index (χ4n) is 2.46. The number of rotatable bonds is 3. The molecule has 104 valence electrons. The highest BCUT2D eigenvalue weighted by Crippen LogP contribution is 2.29. The van der Waals surface area contributed by atoms with Crippen LogP contribution in [0.25, 0.3) is 0 Å². The normalized spacial score (nSPS) is 22.3. The molecule has 1 aromatic carbocycles. The number of carbonyl (C=O) groups is 1. The Hall–Kier alpha value is -1.62. The van der Waals surface area contributed by atoms with Crippen molar-refractivity contribution < 1.29 is 14.3 Å². The Morgan fingerprint density at radius 3 is 2.84 bits per heavy atom. The Labute approximate surface area is 112 Å². The van der Waals surface area contributed by atoms with Crippen LogP contribution in [-0.4, -0.2) is 35.7 Å². The van der Waals surface area contributed by atoms with E-state index in [0.717, 1.165) is 0 Å². The molecule has 0 aliphatic carbocycles. The van der Waals surface area contributed by atoms with Gasteiger partial charge in [0.05, 0.1) is 12.1 Å². The lowest BCUT2D eigenvalue weighted by molar-refractivity contribution is -0.137. The maximum absolute atomic E-state index is 13.9. The van der Waals surface area contributed by atoms with Crippen molar-refractivity contribution in [2.45, 2.75) is 31.8 Å². The molecule has 19 heavy (non-hydrogen) atoms. The molecule has 1 aliphatic rings. The topological polar surface area (TPSA) is 52.6 Å². The van der Waals surface area contributed by atoms with E-state index in [1.807, 2.05) is 18.7 Å². The Kier molecular flexibility index (Phi) is 3.75. The zero-order valence-electron chi connectivity index (χ0n) is 11.2. The Morgan fingerprint density at radius 1 is 1.53 bits per heavy atom. The smallest absolute Gasteiger partial charge is 0.304 e. The average Bonchev–Trinajstić information content (AvgIpc) is 2.32. The summed E-state index contributed by atoms with van der Waals surface area (Å²) in [4.78, 5) is 12.8. The SMILES string of the molecule is CC1(C)CNC(CC(=O)O)CN1c1ccccc1F. The second-order valence-corrected chi connectivity index (χ2v) is 5.55. The number of anilines is 1. The summed E-state index contributed by atoms with van der Waals surface area (Å²) < 4.78 is 13.9. The van der Waals surface area contributed by atoms with E-state index in [9.17, 15) is 9.18 Å². The first kappa shape index (κ1) is 13.8. The molecule has 2 N–H and O–H groups in total. The van der Waals surface area contributed by atoms with E-state index in [4.69, 9.17) is 5.11 Å². The molecule has 1 aromatic rings.